The zero-order valence-electron chi connectivity index (χ0n) is 8.26. The number of carbonyl (C=O) groups excluding carboxylic acids is 1. The minimum Gasteiger partial charge on any atom is -0.341 e. The van der Waals surface area contributed by atoms with Crippen molar-refractivity contribution in [3.05, 3.63) is 0 Å². The molecule has 1 heterocycles. The molecule has 1 aliphatic heterocycles. The highest BCUT2D eigenvalue weighted by Crippen LogP contribution is 2.15. The van der Waals surface area contributed by atoms with Gasteiger partial charge in [0.15, 0.2) is 0 Å². The molecule has 0 aromatic heterocycles. The van der Waals surface area contributed by atoms with Crippen molar-refractivity contribution >= 4 is 17.5 Å². The van der Waals surface area contributed by atoms with Crippen LogP contribution in [-0.2, 0) is 4.79 Å². The molecule has 0 bridgehead atoms. The number of carbonyl (C=O) groups is 1. The van der Waals surface area contributed by atoms with Crippen molar-refractivity contribution in [1.29, 1.82) is 0 Å². The lowest BCUT2D eigenvalue weighted by atomic mass is 10.2. The van der Waals surface area contributed by atoms with E-state index in [2.05, 4.69) is 6.92 Å². The second kappa shape index (κ2) is 5.48. The maximum atomic E-state index is 11.6. The summed E-state index contributed by atoms with van der Waals surface area (Å²) in [5.41, 5.74) is 0. The maximum Gasteiger partial charge on any atom is 0.240 e. The van der Waals surface area contributed by atoms with Gasteiger partial charge in [-0.25, -0.2) is 0 Å². The monoisotopic (exact) mass is 203 g/mol. The van der Waals surface area contributed by atoms with Crippen LogP contribution >= 0.6 is 11.6 Å². The van der Waals surface area contributed by atoms with E-state index < -0.39 is 0 Å². The van der Waals surface area contributed by atoms with Gasteiger partial charge in [0, 0.05) is 13.1 Å². The molecule has 0 radical (unpaired) electrons. The molecule has 3 heteroatoms. The number of amides is 1. The fourth-order valence-corrected chi connectivity index (χ4v) is 1.93. The smallest absolute Gasteiger partial charge is 0.240 e. The maximum absolute atomic E-state index is 11.6. The minimum atomic E-state index is -0.280. The molecule has 0 spiro atoms. The number of hydrogen-bond acceptors (Lipinski definition) is 1. The second-order valence-corrected chi connectivity index (χ2v) is 4.17. The van der Waals surface area contributed by atoms with Gasteiger partial charge in [0.1, 0.15) is 5.38 Å². The van der Waals surface area contributed by atoms with Gasteiger partial charge in [0.25, 0.3) is 0 Å². The molecular weight excluding hydrogens is 186 g/mol. The summed E-state index contributed by atoms with van der Waals surface area (Å²) < 4.78 is 0. The molecule has 1 amide bonds. The Morgan fingerprint density at radius 2 is 2.08 bits per heavy atom. The predicted molar refractivity (Wildman–Crippen MR) is 55.0 cm³/mol. The first-order valence-electron chi connectivity index (χ1n) is 5.18. The topological polar surface area (TPSA) is 20.3 Å². The van der Waals surface area contributed by atoms with E-state index in [9.17, 15) is 4.79 Å². The molecule has 0 N–H and O–H groups in total. The van der Waals surface area contributed by atoms with E-state index in [4.69, 9.17) is 11.6 Å². The summed E-state index contributed by atoms with van der Waals surface area (Å²) in [7, 11) is 0. The molecule has 1 rings (SSSR count). The number of alkyl halides is 1. The summed E-state index contributed by atoms with van der Waals surface area (Å²) in [6.45, 7) is 3.94. The van der Waals surface area contributed by atoms with Crippen molar-refractivity contribution in [2.45, 2.75) is 44.4 Å². The Kier molecular flexibility index (Phi) is 4.57. The fraction of sp³-hybridized carbons (Fsp3) is 0.900. The molecule has 2 nitrogen and oxygen atoms in total. The Morgan fingerprint density at radius 1 is 1.46 bits per heavy atom. The Balaban J connectivity index is 2.28. The normalized spacial score (nSPS) is 19.1. The van der Waals surface area contributed by atoms with E-state index in [1.165, 1.54) is 0 Å². The van der Waals surface area contributed by atoms with Crippen LogP contribution in [0.3, 0.4) is 0 Å². The molecule has 0 saturated carbocycles. The summed E-state index contributed by atoms with van der Waals surface area (Å²) in [5, 5.41) is -0.280. The highest BCUT2D eigenvalue weighted by molar-refractivity contribution is 6.30. The lowest BCUT2D eigenvalue weighted by Gasteiger charge is -2.18. The SMILES string of the molecule is CCCCC(Cl)C(=O)N1CCCC1. The standard InChI is InChI=1S/C10H18ClNO/c1-2-3-6-9(11)10(13)12-7-4-5-8-12/h9H,2-8H2,1H3. The molecule has 13 heavy (non-hydrogen) atoms. The van der Waals surface area contributed by atoms with E-state index in [0.29, 0.717) is 0 Å². The van der Waals surface area contributed by atoms with E-state index in [1.54, 1.807) is 0 Å². The number of unbranched alkanes of at least 4 members (excludes halogenated alkanes) is 1. The van der Waals surface area contributed by atoms with Gasteiger partial charge in [-0.2, -0.15) is 0 Å². The molecule has 1 aliphatic rings. The van der Waals surface area contributed by atoms with Crippen LogP contribution in [-0.4, -0.2) is 29.3 Å². The van der Waals surface area contributed by atoms with Crippen LogP contribution in [0.15, 0.2) is 0 Å². The van der Waals surface area contributed by atoms with Crippen molar-refractivity contribution in [2.75, 3.05) is 13.1 Å². The number of likely N-dealkylation sites (tertiary alicyclic amines) is 1. The van der Waals surface area contributed by atoms with E-state index >= 15 is 0 Å². The summed E-state index contributed by atoms with van der Waals surface area (Å²) in [6, 6.07) is 0. The molecule has 0 aromatic rings. The van der Waals surface area contributed by atoms with E-state index in [-0.39, 0.29) is 11.3 Å². The number of nitrogens with zero attached hydrogens (tertiary/aromatic N) is 1. The van der Waals surface area contributed by atoms with Crippen molar-refractivity contribution < 1.29 is 4.79 Å². The van der Waals surface area contributed by atoms with Crippen LogP contribution in [0.1, 0.15) is 39.0 Å². The summed E-state index contributed by atoms with van der Waals surface area (Å²) in [4.78, 5) is 13.5. The molecule has 1 saturated heterocycles. The van der Waals surface area contributed by atoms with Crippen LogP contribution in [0.4, 0.5) is 0 Å². The van der Waals surface area contributed by atoms with Crippen molar-refractivity contribution in [3.8, 4) is 0 Å². The highest BCUT2D eigenvalue weighted by Gasteiger charge is 2.23. The second-order valence-electron chi connectivity index (χ2n) is 3.64. The van der Waals surface area contributed by atoms with Crippen LogP contribution in [0.25, 0.3) is 0 Å². The number of rotatable bonds is 4. The van der Waals surface area contributed by atoms with Gasteiger partial charge in [-0.1, -0.05) is 19.8 Å². The van der Waals surface area contributed by atoms with Crippen LogP contribution in [0.2, 0.25) is 0 Å². The quantitative estimate of drug-likeness (QED) is 0.643. The van der Waals surface area contributed by atoms with Crippen LogP contribution in [0.5, 0.6) is 0 Å². The Hall–Kier alpha value is -0.240. The molecule has 1 atom stereocenters. The first kappa shape index (κ1) is 10.8. The number of hydrogen-bond donors (Lipinski definition) is 0. The van der Waals surface area contributed by atoms with Gasteiger partial charge < -0.3 is 4.90 Å². The Morgan fingerprint density at radius 3 is 2.62 bits per heavy atom. The van der Waals surface area contributed by atoms with E-state index in [1.807, 2.05) is 4.90 Å². The molecule has 0 aromatic carbocycles. The third-order valence-electron chi connectivity index (χ3n) is 2.50. The summed E-state index contributed by atoms with van der Waals surface area (Å²) >= 11 is 6.00. The van der Waals surface area contributed by atoms with Crippen molar-refractivity contribution in [2.24, 2.45) is 0 Å². The molecule has 0 aliphatic carbocycles. The van der Waals surface area contributed by atoms with Gasteiger partial charge in [0.2, 0.25) is 5.91 Å². The fourth-order valence-electron chi connectivity index (χ4n) is 1.64. The molecule has 1 fully saturated rings. The van der Waals surface area contributed by atoms with Gasteiger partial charge in [-0.15, -0.1) is 11.6 Å². The van der Waals surface area contributed by atoms with Gasteiger partial charge in [-0.3, -0.25) is 4.79 Å². The lowest BCUT2D eigenvalue weighted by molar-refractivity contribution is -0.129. The van der Waals surface area contributed by atoms with Crippen LogP contribution < -0.4 is 0 Å². The summed E-state index contributed by atoms with van der Waals surface area (Å²) in [5.74, 6) is 0.146. The first-order chi connectivity index (χ1) is 6.25. The van der Waals surface area contributed by atoms with Crippen LogP contribution in [0, 0.1) is 0 Å². The third-order valence-corrected chi connectivity index (χ3v) is 2.90. The van der Waals surface area contributed by atoms with Gasteiger partial charge in [0.05, 0.1) is 0 Å². The van der Waals surface area contributed by atoms with E-state index in [0.717, 1.165) is 45.2 Å². The first-order valence-corrected chi connectivity index (χ1v) is 5.62. The van der Waals surface area contributed by atoms with Gasteiger partial charge in [-0.05, 0) is 19.3 Å². The highest BCUT2D eigenvalue weighted by atomic mass is 35.5. The third kappa shape index (κ3) is 3.18. The minimum absolute atomic E-state index is 0.146. The zero-order chi connectivity index (χ0) is 9.68. The zero-order valence-corrected chi connectivity index (χ0v) is 9.02. The Labute approximate surface area is 85.2 Å². The average Bonchev–Trinajstić information content (AvgIpc) is 2.65. The van der Waals surface area contributed by atoms with Gasteiger partial charge >= 0.3 is 0 Å². The van der Waals surface area contributed by atoms with Crippen molar-refractivity contribution in [1.82, 2.24) is 4.90 Å². The largest absolute Gasteiger partial charge is 0.341 e. The summed E-state index contributed by atoms with van der Waals surface area (Å²) in [6.07, 6.45) is 5.27. The number of halogens is 1. The lowest BCUT2D eigenvalue weighted by Crippen LogP contribution is -2.34. The molecular formula is C10H18ClNO. The predicted octanol–water partition coefficient (Wildman–Crippen LogP) is 2.41. The average molecular weight is 204 g/mol. The molecule has 76 valence electrons. The van der Waals surface area contributed by atoms with Crippen molar-refractivity contribution in [3.63, 3.8) is 0 Å². The molecule has 1 unspecified atom stereocenters. The Bertz CT molecular complexity index is 166.